The Bertz CT molecular complexity index is 1030. The first-order valence-corrected chi connectivity index (χ1v) is 12.0. The van der Waals surface area contributed by atoms with Crippen LogP contribution in [0.3, 0.4) is 0 Å². The molecule has 7 heteroatoms. The molecule has 6 nitrogen and oxygen atoms in total. The molecule has 0 saturated carbocycles. The van der Waals surface area contributed by atoms with E-state index in [-0.39, 0.29) is 22.6 Å². The lowest BCUT2D eigenvalue weighted by atomic mass is 9.96. The van der Waals surface area contributed by atoms with Gasteiger partial charge in [-0.05, 0) is 56.5 Å². The summed E-state index contributed by atoms with van der Waals surface area (Å²) >= 11 is 0. The van der Waals surface area contributed by atoms with Crippen molar-refractivity contribution in [2.45, 2.75) is 38.1 Å². The summed E-state index contributed by atoms with van der Waals surface area (Å²) < 4.78 is 23.1. The van der Waals surface area contributed by atoms with E-state index < -0.39 is 9.84 Å². The smallest absolute Gasteiger partial charge is 0.253 e. The maximum atomic E-state index is 12.9. The summed E-state index contributed by atoms with van der Waals surface area (Å²) in [5.41, 5.74) is 3.59. The predicted molar refractivity (Wildman–Crippen MR) is 116 cm³/mol. The molecule has 2 amide bonds. The fraction of sp³-hybridized carbons (Fsp3) is 0.391. The molecule has 3 rings (SSSR count). The summed E-state index contributed by atoms with van der Waals surface area (Å²) in [7, 11) is -3.24. The molecule has 160 valence electrons. The van der Waals surface area contributed by atoms with Crippen LogP contribution in [0.1, 0.15) is 39.9 Å². The van der Waals surface area contributed by atoms with Gasteiger partial charge < -0.3 is 10.2 Å². The Morgan fingerprint density at radius 3 is 2.30 bits per heavy atom. The van der Waals surface area contributed by atoms with Crippen molar-refractivity contribution in [2.75, 3.05) is 19.3 Å². The van der Waals surface area contributed by atoms with Crippen LogP contribution in [-0.4, -0.2) is 44.5 Å². The van der Waals surface area contributed by atoms with E-state index in [4.69, 9.17) is 0 Å². The Morgan fingerprint density at radius 2 is 1.70 bits per heavy atom. The summed E-state index contributed by atoms with van der Waals surface area (Å²) in [4.78, 5) is 27.6. The standard InChI is InChI=1S/C23H28N2O4S/c1-16-11-17(2)13-20(12-16)23(27)25-10-4-5-19(15-25)22(26)24-14-18-6-8-21(9-7-18)30(3,28)29/h6-9,11-13,19H,4-5,10,14-15H2,1-3H3,(H,24,26). The Morgan fingerprint density at radius 1 is 1.07 bits per heavy atom. The number of carbonyl (C=O) groups is 2. The highest BCUT2D eigenvalue weighted by atomic mass is 32.2. The van der Waals surface area contributed by atoms with E-state index in [1.54, 1.807) is 29.2 Å². The van der Waals surface area contributed by atoms with Crippen LogP contribution in [-0.2, 0) is 21.2 Å². The molecule has 1 fully saturated rings. The monoisotopic (exact) mass is 428 g/mol. The van der Waals surface area contributed by atoms with Crippen LogP contribution >= 0.6 is 0 Å². The highest BCUT2D eigenvalue weighted by Gasteiger charge is 2.29. The van der Waals surface area contributed by atoms with Gasteiger partial charge in [-0.2, -0.15) is 0 Å². The van der Waals surface area contributed by atoms with Gasteiger partial charge in [-0.3, -0.25) is 9.59 Å². The molecule has 2 aromatic rings. The van der Waals surface area contributed by atoms with Crippen LogP contribution in [0.25, 0.3) is 0 Å². The van der Waals surface area contributed by atoms with Gasteiger partial charge in [0.15, 0.2) is 9.84 Å². The summed E-state index contributed by atoms with van der Waals surface area (Å²) in [5.74, 6) is -0.361. The molecular weight excluding hydrogens is 400 g/mol. The second-order valence-electron chi connectivity index (χ2n) is 8.10. The number of rotatable bonds is 5. The van der Waals surface area contributed by atoms with Gasteiger partial charge in [-0.25, -0.2) is 8.42 Å². The van der Waals surface area contributed by atoms with E-state index in [0.717, 1.165) is 35.8 Å². The van der Waals surface area contributed by atoms with Crippen LogP contribution in [0, 0.1) is 19.8 Å². The molecule has 0 spiro atoms. The number of nitrogens with zero attached hydrogens (tertiary/aromatic N) is 1. The molecule has 1 atom stereocenters. The number of benzene rings is 2. The lowest BCUT2D eigenvalue weighted by Gasteiger charge is -2.32. The summed E-state index contributed by atoms with van der Waals surface area (Å²) in [6.07, 6.45) is 2.70. The molecule has 1 heterocycles. The van der Waals surface area contributed by atoms with Crippen molar-refractivity contribution in [3.8, 4) is 0 Å². The highest BCUT2D eigenvalue weighted by Crippen LogP contribution is 2.20. The third-order valence-electron chi connectivity index (χ3n) is 5.37. The molecule has 1 N–H and O–H groups in total. The quantitative estimate of drug-likeness (QED) is 0.794. The number of amides is 2. The SMILES string of the molecule is Cc1cc(C)cc(C(=O)N2CCCC(C(=O)NCc3ccc(S(C)(=O)=O)cc3)C2)c1. The number of piperidine rings is 1. The first-order chi connectivity index (χ1) is 14.1. The average Bonchev–Trinajstić information content (AvgIpc) is 2.70. The Hall–Kier alpha value is -2.67. The number of hydrogen-bond acceptors (Lipinski definition) is 4. The van der Waals surface area contributed by atoms with E-state index in [2.05, 4.69) is 5.32 Å². The van der Waals surface area contributed by atoms with Crippen LogP contribution in [0.15, 0.2) is 47.4 Å². The number of sulfone groups is 1. The van der Waals surface area contributed by atoms with Crippen molar-refractivity contribution in [3.05, 3.63) is 64.7 Å². The molecule has 1 saturated heterocycles. The number of aryl methyl sites for hydroxylation is 2. The molecule has 0 radical (unpaired) electrons. The molecule has 0 aliphatic carbocycles. The van der Waals surface area contributed by atoms with E-state index in [0.29, 0.717) is 25.2 Å². The lowest BCUT2D eigenvalue weighted by molar-refractivity contribution is -0.126. The predicted octanol–water partition coefficient (Wildman–Crippen LogP) is 2.88. The van der Waals surface area contributed by atoms with Crippen molar-refractivity contribution in [1.82, 2.24) is 10.2 Å². The van der Waals surface area contributed by atoms with E-state index in [1.807, 2.05) is 32.0 Å². The average molecular weight is 429 g/mol. The van der Waals surface area contributed by atoms with Crippen molar-refractivity contribution in [1.29, 1.82) is 0 Å². The normalized spacial score (nSPS) is 16.9. The van der Waals surface area contributed by atoms with Gasteiger partial charge in [0, 0.05) is 31.5 Å². The fourth-order valence-electron chi connectivity index (χ4n) is 3.84. The van der Waals surface area contributed by atoms with Gasteiger partial charge in [0.1, 0.15) is 0 Å². The van der Waals surface area contributed by atoms with Crippen LogP contribution in [0.5, 0.6) is 0 Å². The van der Waals surface area contributed by atoms with E-state index >= 15 is 0 Å². The van der Waals surface area contributed by atoms with Crippen molar-refractivity contribution >= 4 is 21.7 Å². The summed E-state index contributed by atoms with van der Waals surface area (Å²) in [5, 5.41) is 2.92. The van der Waals surface area contributed by atoms with E-state index in [1.165, 1.54) is 0 Å². The molecule has 0 aromatic heterocycles. The second-order valence-corrected chi connectivity index (χ2v) is 10.1. The summed E-state index contributed by atoms with van der Waals surface area (Å²) in [6, 6.07) is 12.3. The second kappa shape index (κ2) is 9.00. The van der Waals surface area contributed by atoms with Gasteiger partial charge >= 0.3 is 0 Å². The summed E-state index contributed by atoms with van der Waals surface area (Å²) in [6.45, 7) is 5.33. The highest BCUT2D eigenvalue weighted by molar-refractivity contribution is 7.90. The van der Waals surface area contributed by atoms with Crippen molar-refractivity contribution < 1.29 is 18.0 Å². The van der Waals surface area contributed by atoms with Crippen molar-refractivity contribution in [3.63, 3.8) is 0 Å². The number of hydrogen-bond donors (Lipinski definition) is 1. The zero-order valence-electron chi connectivity index (χ0n) is 17.6. The minimum atomic E-state index is -3.24. The van der Waals surface area contributed by atoms with Crippen LogP contribution in [0.4, 0.5) is 0 Å². The minimum Gasteiger partial charge on any atom is -0.352 e. The van der Waals surface area contributed by atoms with Gasteiger partial charge in [0.25, 0.3) is 5.91 Å². The molecule has 1 aliphatic rings. The molecule has 1 unspecified atom stereocenters. The largest absolute Gasteiger partial charge is 0.352 e. The zero-order chi connectivity index (χ0) is 21.9. The fourth-order valence-corrected chi connectivity index (χ4v) is 4.47. The Kier molecular flexibility index (Phi) is 6.61. The Balaban J connectivity index is 1.59. The topological polar surface area (TPSA) is 83.6 Å². The third-order valence-corrected chi connectivity index (χ3v) is 6.49. The first kappa shape index (κ1) is 22.0. The molecular formula is C23H28N2O4S. The lowest BCUT2D eigenvalue weighted by Crippen LogP contribution is -2.45. The number of nitrogens with one attached hydrogen (secondary N) is 1. The first-order valence-electron chi connectivity index (χ1n) is 10.1. The maximum Gasteiger partial charge on any atom is 0.253 e. The van der Waals surface area contributed by atoms with E-state index in [9.17, 15) is 18.0 Å². The van der Waals surface area contributed by atoms with Crippen LogP contribution in [0.2, 0.25) is 0 Å². The number of likely N-dealkylation sites (tertiary alicyclic amines) is 1. The molecule has 30 heavy (non-hydrogen) atoms. The van der Waals surface area contributed by atoms with Crippen LogP contribution < -0.4 is 5.32 Å². The Labute approximate surface area is 178 Å². The molecule has 2 aromatic carbocycles. The van der Waals surface area contributed by atoms with Gasteiger partial charge in [0.2, 0.25) is 5.91 Å². The minimum absolute atomic E-state index is 0.0318. The van der Waals surface area contributed by atoms with Gasteiger partial charge in [-0.1, -0.05) is 29.3 Å². The van der Waals surface area contributed by atoms with Gasteiger partial charge in [0.05, 0.1) is 10.8 Å². The molecule has 1 aliphatic heterocycles. The molecule has 0 bridgehead atoms. The van der Waals surface area contributed by atoms with Gasteiger partial charge in [-0.15, -0.1) is 0 Å². The zero-order valence-corrected chi connectivity index (χ0v) is 18.5. The number of carbonyl (C=O) groups excluding carboxylic acids is 2. The van der Waals surface area contributed by atoms with Crippen molar-refractivity contribution in [2.24, 2.45) is 5.92 Å². The maximum absolute atomic E-state index is 12.9. The third kappa shape index (κ3) is 5.48.